The Morgan fingerprint density at radius 2 is 1.71 bits per heavy atom. The maximum absolute atomic E-state index is 12.4. The maximum Gasteiger partial charge on any atom is 0.363 e. The summed E-state index contributed by atoms with van der Waals surface area (Å²) in [7, 11) is 3.95. The summed E-state index contributed by atoms with van der Waals surface area (Å²) in [6.07, 6.45) is 1.71. The van der Waals surface area contributed by atoms with Gasteiger partial charge in [0, 0.05) is 25.3 Å². The highest BCUT2D eigenvalue weighted by Crippen LogP contribution is 2.29. The second-order valence-electron chi connectivity index (χ2n) is 6.65. The normalized spacial score (nSPS) is 14.9. The Hall–Kier alpha value is -3.67. The topological polar surface area (TPSA) is 67.9 Å². The zero-order chi connectivity index (χ0) is 19.7. The molecular weight excluding hydrogens is 354 g/mol. The number of aryl methyl sites for hydroxylation is 1. The Kier molecular flexibility index (Phi) is 4.53. The Balaban J connectivity index is 1.70. The number of cyclic esters (lactones) is 1. The third-order valence-electron chi connectivity index (χ3n) is 4.46. The molecule has 0 fully saturated rings. The number of nitrogens with zero attached hydrogens (tertiary/aromatic N) is 3. The number of rotatable bonds is 4. The highest BCUT2D eigenvalue weighted by atomic mass is 16.6. The van der Waals surface area contributed by atoms with Crippen molar-refractivity contribution in [1.82, 2.24) is 5.16 Å². The number of hydrogen-bond acceptors (Lipinski definition) is 6. The molecule has 1 aliphatic heterocycles. The first-order chi connectivity index (χ1) is 13.5. The molecule has 2 heterocycles. The van der Waals surface area contributed by atoms with Crippen LogP contribution in [0.25, 0.3) is 17.3 Å². The van der Waals surface area contributed by atoms with E-state index >= 15 is 0 Å². The van der Waals surface area contributed by atoms with Crippen molar-refractivity contribution in [2.45, 2.75) is 6.92 Å². The van der Waals surface area contributed by atoms with Crippen LogP contribution in [0.3, 0.4) is 0 Å². The van der Waals surface area contributed by atoms with Crippen molar-refractivity contribution in [1.29, 1.82) is 0 Å². The number of ether oxygens (including phenoxy) is 1. The predicted molar refractivity (Wildman–Crippen MR) is 108 cm³/mol. The highest BCUT2D eigenvalue weighted by molar-refractivity contribution is 6.15. The van der Waals surface area contributed by atoms with Gasteiger partial charge in [0.05, 0.1) is 0 Å². The lowest BCUT2D eigenvalue weighted by atomic mass is 10.1. The fourth-order valence-corrected chi connectivity index (χ4v) is 2.96. The number of aromatic nitrogens is 1. The zero-order valence-electron chi connectivity index (χ0n) is 15.8. The molecule has 0 atom stereocenters. The lowest BCUT2D eigenvalue weighted by molar-refractivity contribution is -0.129. The van der Waals surface area contributed by atoms with Gasteiger partial charge >= 0.3 is 5.97 Å². The Bertz CT molecular complexity index is 1080. The SMILES string of the molecule is Cc1onc(-c2ccccc2)c1C1=N/C(=C\c2ccc(N(C)C)cc2)C(=O)O1. The number of anilines is 1. The van der Waals surface area contributed by atoms with Gasteiger partial charge < -0.3 is 14.2 Å². The van der Waals surface area contributed by atoms with Crippen LogP contribution in [0.5, 0.6) is 0 Å². The molecule has 0 aliphatic carbocycles. The van der Waals surface area contributed by atoms with Crippen molar-refractivity contribution in [2.24, 2.45) is 4.99 Å². The highest BCUT2D eigenvalue weighted by Gasteiger charge is 2.30. The minimum absolute atomic E-state index is 0.207. The number of carbonyl (C=O) groups is 1. The van der Waals surface area contributed by atoms with Crippen LogP contribution >= 0.6 is 0 Å². The van der Waals surface area contributed by atoms with E-state index in [1.807, 2.05) is 73.6 Å². The number of carbonyl (C=O) groups excluding carboxylic acids is 1. The minimum Gasteiger partial charge on any atom is -0.402 e. The van der Waals surface area contributed by atoms with E-state index in [9.17, 15) is 4.79 Å². The molecule has 0 amide bonds. The van der Waals surface area contributed by atoms with E-state index in [1.165, 1.54) is 0 Å². The third-order valence-corrected chi connectivity index (χ3v) is 4.46. The molecule has 140 valence electrons. The quantitative estimate of drug-likeness (QED) is 0.510. The average molecular weight is 373 g/mol. The largest absolute Gasteiger partial charge is 0.402 e. The summed E-state index contributed by atoms with van der Waals surface area (Å²) in [5.41, 5.74) is 4.24. The maximum atomic E-state index is 12.4. The summed E-state index contributed by atoms with van der Waals surface area (Å²) in [6, 6.07) is 17.4. The van der Waals surface area contributed by atoms with Gasteiger partial charge in [-0.05, 0) is 30.7 Å². The van der Waals surface area contributed by atoms with Crippen LogP contribution in [0, 0.1) is 6.92 Å². The van der Waals surface area contributed by atoms with Gasteiger partial charge in [-0.1, -0.05) is 47.6 Å². The Labute approximate surface area is 162 Å². The van der Waals surface area contributed by atoms with Crippen molar-refractivity contribution in [3.05, 3.63) is 77.2 Å². The van der Waals surface area contributed by atoms with Crippen LogP contribution in [0.4, 0.5) is 5.69 Å². The van der Waals surface area contributed by atoms with Gasteiger partial charge in [-0.15, -0.1) is 0 Å². The number of aliphatic imine (C=N–C) groups is 1. The molecule has 0 radical (unpaired) electrons. The first kappa shape index (κ1) is 17.7. The first-order valence-electron chi connectivity index (χ1n) is 8.85. The predicted octanol–water partition coefficient (Wildman–Crippen LogP) is 4.06. The summed E-state index contributed by atoms with van der Waals surface area (Å²) in [4.78, 5) is 18.8. The van der Waals surface area contributed by atoms with Gasteiger partial charge in [0.25, 0.3) is 0 Å². The van der Waals surface area contributed by atoms with Gasteiger partial charge in [0.2, 0.25) is 5.90 Å². The van der Waals surface area contributed by atoms with Crippen LogP contribution in [0.15, 0.2) is 69.8 Å². The molecule has 0 saturated heterocycles. The number of esters is 1. The average Bonchev–Trinajstić information content (AvgIpc) is 3.25. The summed E-state index contributed by atoms with van der Waals surface area (Å²) < 4.78 is 10.8. The van der Waals surface area contributed by atoms with Crippen LogP contribution in [0.1, 0.15) is 16.9 Å². The minimum atomic E-state index is -0.494. The third kappa shape index (κ3) is 3.32. The smallest absolute Gasteiger partial charge is 0.363 e. The molecule has 0 bridgehead atoms. The molecule has 0 N–H and O–H groups in total. The van der Waals surface area contributed by atoms with Crippen molar-refractivity contribution < 1.29 is 14.1 Å². The lowest BCUT2D eigenvalue weighted by Gasteiger charge is -2.11. The van der Waals surface area contributed by atoms with E-state index in [1.54, 1.807) is 13.0 Å². The van der Waals surface area contributed by atoms with Crippen molar-refractivity contribution in [3.63, 3.8) is 0 Å². The number of hydrogen-bond donors (Lipinski definition) is 0. The van der Waals surface area contributed by atoms with E-state index in [0.717, 1.165) is 16.8 Å². The molecule has 0 unspecified atom stereocenters. The molecule has 4 rings (SSSR count). The van der Waals surface area contributed by atoms with Gasteiger partial charge in [0.15, 0.2) is 5.70 Å². The Morgan fingerprint density at radius 3 is 2.39 bits per heavy atom. The molecule has 1 aliphatic rings. The summed E-state index contributed by atoms with van der Waals surface area (Å²) >= 11 is 0. The molecule has 28 heavy (non-hydrogen) atoms. The molecule has 1 aromatic heterocycles. The van der Waals surface area contributed by atoms with Crippen LogP contribution in [-0.2, 0) is 9.53 Å². The van der Waals surface area contributed by atoms with Crippen LogP contribution < -0.4 is 4.90 Å². The van der Waals surface area contributed by atoms with E-state index < -0.39 is 5.97 Å². The van der Waals surface area contributed by atoms with Crippen molar-refractivity contribution in [3.8, 4) is 11.3 Å². The monoisotopic (exact) mass is 373 g/mol. The molecule has 2 aromatic carbocycles. The van der Waals surface area contributed by atoms with Gasteiger partial charge in [-0.3, -0.25) is 0 Å². The van der Waals surface area contributed by atoms with Gasteiger partial charge in [-0.25, -0.2) is 9.79 Å². The second-order valence-corrected chi connectivity index (χ2v) is 6.65. The molecule has 0 saturated carbocycles. The molecule has 6 nitrogen and oxygen atoms in total. The standard InChI is InChI=1S/C22H19N3O3/c1-14-19(20(24-28-14)16-7-5-4-6-8-16)21-23-18(22(26)27-21)13-15-9-11-17(12-10-15)25(2)3/h4-13H,1-3H3/b18-13-. The van der Waals surface area contributed by atoms with Crippen molar-refractivity contribution in [2.75, 3.05) is 19.0 Å². The first-order valence-corrected chi connectivity index (χ1v) is 8.85. The van der Waals surface area contributed by atoms with Crippen molar-refractivity contribution >= 4 is 23.6 Å². The summed E-state index contributed by atoms with van der Waals surface area (Å²) in [5.74, 6) is 0.257. The zero-order valence-corrected chi connectivity index (χ0v) is 15.8. The fourth-order valence-electron chi connectivity index (χ4n) is 2.96. The van der Waals surface area contributed by atoms with E-state index in [0.29, 0.717) is 17.0 Å². The summed E-state index contributed by atoms with van der Waals surface area (Å²) in [5, 5.41) is 4.12. The van der Waals surface area contributed by atoms with Gasteiger partial charge in [-0.2, -0.15) is 0 Å². The molecule has 6 heteroatoms. The summed E-state index contributed by atoms with van der Waals surface area (Å²) in [6.45, 7) is 1.77. The van der Waals surface area contributed by atoms with E-state index in [2.05, 4.69) is 10.1 Å². The lowest BCUT2D eigenvalue weighted by Crippen LogP contribution is -2.08. The van der Waals surface area contributed by atoms with Gasteiger partial charge in [0.1, 0.15) is 17.0 Å². The number of benzene rings is 2. The van der Waals surface area contributed by atoms with Crippen LogP contribution in [0.2, 0.25) is 0 Å². The molecular formula is C22H19N3O3. The van der Waals surface area contributed by atoms with E-state index in [4.69, 9.17) is 9.26 Å². The Morgan fingerprint density at radius 1 is 1.00 bits per heavy atom. The van der Waals surface area contributed by atoms with Crippen LogP contribution in [-0.4, -0.2) is 31.1 Å². The second kappa shape index (κ2) is 7.15. The fraction of sp³-hybridized carbons (Fsp3) is 0.136. The molecule has 3 aromatic rings. The molecule has 0 spiro atoms. The van der Waals surface area contributed by atoms with E-state index in [-0.39, 0.29) is 11.6 Å².